The van der Waals surface area contributed by atoms with Crippen LogP contribution in [0.1, 0.15) is 11.3 Å². The topological polar surface area (TPSA) is 51.8 Å². The van der Waals surface area contributed by atoms with Gasteiger partial charge in [0.2, 0.25) is 5.90 Å². The first-order valence-electron chi connectivity index (χ1n) is 5.66. The summed E-state index contributed by atoms with van der Waals surface area (Å²) in [4.78, 5) is 16.0. The van der Waals surface area contributed by atoms with Crippen LogP contribution in [0.5, 0.6) is 0 Å². The number of hydrogen-bond donors (Lipinski definition) is 0. The molecule has 4 nitrogen and oxygen atoms in total. The molecule has 2 heterocycles. The van der Waals surface area contributed by atoms with Gasteiger partial charge in [-0.3, -0.25) is 0 Å². The highest BCUT2D eigenvalue weighted by molar-refractivity contribution is 9.10. The molecule has 0 unspecified atom stereocenters. The summed E-state index contributed by atoms with van der Waals surface area (Å²) in [5.74, 6) is 0.333. The van der Waals surface area contributed by atoms with E-state index < -0.39 is 5.97 Å². The highest BCUT2D eigenvalue weighted by atomic mass is 79.9. The molecule has 0 bridgehead atoms. The number of hydrogen-bond acceptors (Lipinski definition) is 4. The average molecular weight is 397 g/mol. The van der Waals surface area contributed by atoms with Gasteiger partial charge in [0.15, 0.2) is 10.4 Å². The van der Waals surface area contributed by atoms with E-state index >= 15 is 0 Å². The molecule has 0 atom stereocenters. The predicted octanol–water partition coefficient (Wildman–Crippen LogP) is 4.15. The van der Waals surface area contributed by atoms with Gasteiger partial charge >= 0.3 is 5.97 Å². The van der Waals surface area contributed by atoms with Crippen molar-refractivity contribution >= 4 is 49.8 Å². The van der Waals surface area contributed by atoms with Crippen molar-refractivity contribution in [1.82, 2.24) is 0 Å². The Labute approximate surface area is 131 Å². The maximum atomic E-state index is 11.8. The average Bonchev–Trinajstić information content (AvgIpc) is 2.98. The second-order valence-corrected chi connectivity index (χ2v) is 5.68. The summed E-state index contributed by atoms with van der Waals surface area (Å²) >= 11 is 6.55. The van der Waals surface area contributed by atoms with Gasteiger partial charge in [-0.15, -0.1) is 0 Å². The number of carbonyl (C=O) groups excluding carboxylic acids is 1. The van der Waals surface area contributed by atoms with Crippen molar-refractivity contribution in [3.8, 4) is 0 Å². The summed E-state index contributed by atoms with van der Waals surface area (Å²) in [7, 11) is 0. The zero-order valence-corrected chi connectivity index (χ0v) is 13.1. The minimum atomic E-state index is -0.490. The van der Waals surface area contributed by atoms with Gasteiger partial charge in [-0.1, -0.05) is 15.9 Å². The second-order valence-electron chi connectivity index (χ2n) is 3.98. The lowest BCUT2D eigenvalue weighted by Gasteiger charge is -1.98. The number of furan rings is 1. The first kappa shape index (κ1) is 13.3. The normalized spacial score (nSPS) is 16.4. The van der Waals surface area contributed by atoms with E-state index in [9.17, 15) is 4.79 Å². The quantitative estimate of drug-likeness (QED) is 0.566. The summed E-state index contributed by atoms with van der Waals surface area (Å²) in [5, 5.41) is 0. The molecule has 1 aliphatic heterocycles. The maximum absolute atomic E-state index is 11.8. The molecular weight excluding hydrogens is 390 g/mol. The Morgan fingerprint density at radius 3 is 2.45 bits per heavy atom. The van der Waals surface area contributed by atoms with Crippen molar-refractivity contribution < 1.29 is 13.9 Å². The van der Waals surface area contributed by atoms with Crippen LogP contribution in [0.2, 0.25) is 0 Å². The van der Waals surface area contributed by atoms with Crippen LogP contribution in [0, 0.1) is 0 Å². The Hall–Kier alpha value is -1.66. The molecule has 0 N–H and O–H groups in total. The molecule has 0 spiro atoms. The van der Waals surface area contributed by atoms with Gasteiger partial charge in [-0.25, -0.2) is 9.79 Å². The van der Waals surface area contributed by atoms with E-state index in [1.54, 1.807) is 18.2 Å². The Balaban J connectivity index is 1.92. The van der Waals surface area contributed by atoms with Gasteiger partial charge in [0.05, 0.1) is 0 Å². The molecule has 0 fully saturated rings. The van der Waals surface area contributed by atoms with E-state index in [-0.39, 0.29) is 5.70 Å². The molecule has 0 aliphatic carbocycles. The molecule has 1 aromatic heterocycles. The Kier molecular flexibility index (Phi) is 3.58. The molecule has 2 aromatic rings. The molecule has 0 radical (unpaired) electrons. The number of cyclic esters (lactones) is 1. The number of aliphatic imine (C=N–C) groups is 1. The molecule has 20 heavy (non-hydrogen) atoms. The Morgan fingerprint density at radius 1 is 1.05 bits per heavy atom. The van der Waals surface area contributed by atoms with E-state index in [4.69, 9.17) is 9.15 Å². The summed E-state index contributed by atoms with van der Waals surface area (Å²) < 4.78 is 12.0. The minimum Gasteiger partial charge on any atom is -0.450 e. The van der Waals surface area contributed by atoms with Crippen molar-refractivity contribution in [2.45, 2.75) is 0 Å². The van der Waals surface area contributed by atoms with Crippen LogP contribution in [-0.2, 0) is 9.53 Å². The van der Waals surface area contributed by atoms with E-state index in [0.717, 1.165) is 10.0 Å². The third-order valence-corrected chi connectivity index (χ3v) is 3.54. The van der Waals surface area contributed by atoms with Gasteiger partial charge in [0, 0.05) is 16.1 Å². The molecule has 0 saturated heterocycles. The molecule has 0 amide bonds. The predicted molar refractivity (Wildman–Crippen MR) is 81.2 cm³/mol. The van der Waals surface area contributed by atoms with E-state index in [1.165, 1.54) is 0 Å². The molecular formula is C14H7Br2NO3. The minimum absolute atomic E-state index is 0.213. The third-order valence-electron chi connectivity index (χ3n) is 2.58. The SMILES string of the molecule is O=C1OC(c2ccc(Br)cc2)=N/C1=C/c1ccc(Br)o1. The van der Waals surface area contributed by atoms with Crippen molar-refractivity contribution in [3.63, 3.8) is 0 Å². The molecule has 3 rings (SSSR count). The van der Waals surface area contributed by atoms with Crippen molar-refractivity contribution in [1.29, 1.82) is 0 Å². The number of ether oxygens (including phenoxy) is 1. The number of nitrogens with zero attached hydrogens (tertiary/aromatic N) is 1. The molecule has 6 heteroatoms. The number of carbonyl (C=O) groups is 1. The van der Waals surface area contributed by atoms with Crippen LogP contribution in [-0.4, -0.2) is 11.9 Å². The van der Waals surface area contributed by atoms with Gasteiger partial charge in [0.25, 0.3) is 0 Å². The van der Waals surface area contributed by atoms with Crippen LogP contribution < -0.4 is 0 Å². The van der Waals surface area contributed by atoms with Crippen LogP contribution in [0.15, 0.2) is 60.6 Å². The third kappa shape index (κ3) is 2.76. The van der Waals surface area contributed by atoms with Gasteiger partial charge in [-0.05, 0) is 52.3 Å². The summed E-state index contributed by atoms with van der Waals surface area (Å²) in [6.45, 7) is 0. The molecule has 1 aromatic carbocycles. The van der Waals surface area contributed by atoms with Crippen LogP contribution in [0.25, 0.3) is 6.08 Å². The highest BCUT2D eigenvalue weighted by Gasteiger charge is 2.24. The summed E-state index contributed by atoms with van der Waals surface area (Å²) in [6.07, 6.45) is 1.54. The number of rotatable bonds is 2. The Morgan fingerprint density at radius 2 is 1.80 bits per heavy atom. The zero-order valence-electron chi connectivity index (χ0n) is 9.97. The summed E-state index contributed by atoms with van der Waals surface area (Å²) in [6, 6.07) is 10.8. The van der Waals surface area contributed by atoms with Crippen LogP contribution >= 0.6 is 31.9 Å². The molecule has 1 aliphatic rings. The standard InChI is InChI=1S/C14H7Br2NO3/c15-9-3-1-8(2-4-9)13-17-11(14(18)20-13)7-10-5-6-12(16)19-10/h1-7H/b11-7+. The van der Waals surface area contributed by atoms with Crippen molar-refractivity contribution in [2.75, 3.05) is 0 Å². The van der Waals surface area contributed by atoms with E-state index in [2.05, 4.69) is 36.9 Å². The number of halogens is 2. The van der Waals surface area contributed by atoms with Crippen molar-refractivity contribution in [3.05, 3.63) is 62.6 Å². The molecule has 100 valence electrons. The fourth-order valence-electron chi connectivity index (χ4n) is 1.67. The summed E-state index contributed by atoms with van der Waals surface area (Å²) in [5.41, 5.74) is 0.954. The first-order valence-corrected chi connectivity index (χ1v) is 7.24. The number of esters is 1. The zero-order chi connectivity index (χ0) is 14.1. The van der Waals surface area contributed by atoms with Gasteiger partial charge < -0.3 is 9.15 Å². The van der Waals surface area contributed by atoms with Crippen molar-refractivity contribution in [2.24, 2.45) is 4.99 Å². The second kappa shape index (κ2) is 5.38. The lowest BCUT2D eigenvalue weighted by Crippen LogP contribution is -2.05. The lowest BCUT2D eigenvalue weighted by atomic mass is 10.2. The monoisotopic (exact) mass is 395 g/mol. The molecule has 0 saturated carbocycles. The largest absolute Gasteiger partial charge is 0.450 e. The van der Waals surface area contributed by atoms with E-state index in [0.29, 0.717) is 16.3 Å². The maximum Gasteiger partial charge on any atom is 0.363 e. The fraction of sp³-hybridized carbons (Fsp3) is 0. The highest BCUT2D eigenvalue weighted by Crippen LogP contribution is 2.22. The Bertz CT molecular complexity index is 729. The van der Waals surface area contributed by atoms with Crippen LogP contribution in [0.3, 0.4) is 0 Å². The number of benzene rings is 1. The lowest BCUT2D eigenvalue weighted by molar-refractivity contribution is -0.129. The van der Waals surface area contributed by atoms with Gasteiger partial charge in [0.1, 0.15) is 5.76 Å². The first-order chi connectivity index (χ1) is 9.61. The smallest absolute Gasteiger partial charge is 0.363 e. The van der Waals surface area contributed by atoms with Crippen LogP contribution in [0.4, 0.5) is 0 Å². The van der Waals surface area contributed by atoms with E-state index in [1.807, 2.05) is 24.3 Å². The van der Waals surface area contributed by atoms with Gasteiger partial charge in [-0.2, -0.15) is 0 Å². The fourth-order valence-corrected chi connectivity index (χ4v) is 2.25.